The summed E-state index contributed by atoms with van der Waals surface area (Å²) < 4.78 is 40.2. The highest BCUT2D eigenvalue weighted by Gasteiger charge is 2.33. The Bertz CT molecular complexity index is 1080. The van der Waals surface area contributed by atoms with Gasteiger partial charge >= 0.3 is 6.18 Å². The Kier molecular flexibility index (Phi) is 5.99. The smallest absolute Gasteiger partial charge is 0.355 e. The number of nitrogens with zero attached hydrogens (tertiary/aromatic N) is 5. The van der Waals surface area contributed by atoms with Gasteiger partial charge in [-0.2, -0.15) is 13.2 Å². The molecular formula is C20H20ClF3N6O. The van der Waals surface area contributed by atoms with Crippen LogP contribution in [0.25, 0.3) is 5.65 Å². The van der Waals surface area contributed by atoms with E-state index in [9.17, 15) is 18.0 Å². The van der Waals surface area contributed by atoms with Crippen molar-refractivity contribution in [3.05, 3.63) is 53.1 Å². The molecule has 3 aromatic heterocycles. The summed E-state index contributed by atoms with van der Waals surface area (Å²) in [5.74, 6) is 0.875. The Hall–Kier alpha value is -2.88. The highest BCUT2D eigenvalue weighted by Crippen LogP contribution is 2.34. The zero-order valence-electron chi connectivity index (χ0n) is 16.4. The maximum absolute atomic E-state index is 12.8. The van der Waals surface area contributed by atoms with Crippen molar-refractivity contribution in [1.82, 2.24) is 24.9 Å². The first kappa shape index (κ1) is 21.4. The van der Waals surface area contributed by atoms with E-state index in [4.69, 9.17) is 11.6 Å². The van der Waals surface area contributed by atoms with Crippen molar-refractivity contribution in [3.63, 3.8) is 0 Å². The maximum atomic E-state index is 12.8. The van der Waals surface area contributed by atoms with Crippen molar-refractivity contribution in [2.75, 3.05) is 24.5 Å². The number of hydrogen-bond acceptors (Lipinski definition) is 5. The summed E-state index contributed by atoms with van der Waals surface area (Å²) in [6.45, 7) is 1.43. The van der Waals surface area contributed by atoms with Gasteiger partial charge in [-0.1, -0.05) is 17.7 Å². The summed E-state index contributed by atoms with van der Waals surface area (Å²) in [4.78, 5) is 18.2. The lowest BCUT2D eigenvalue weighted by Crippen LogP contribution is -2.41. The van der Waals surface area contributed by atoms with Crippen LogP contribution in [0.2, 0.25) is 5.02 Å². The van der Waals surface area contributed by atoms with E-state index in [-0.39, 0.29) is 16.8 Å². The molecule has 4 heterocycles. The predicted molar refractivity (Wildman–Crippen MR) is 109 cm³/mol. The van der Waals surface area contributed by atoms with Crippen LogP contribution in [0, 0.1) is 5.92 Å². The fourth-order valence-corrected chi connectivity index (χ4v) is 3.96. The number of rotatable bonds is 5. The molecule has 0 spiro atoms. The summed E-state index contributed by atoms with van der Waals surface area (Å²) in [6.07, 6.45) is -0.131. The van der Waals surface area contributed by atoms with E-state index >= 15 is 0 Å². The summed E-state index contributed by atoms with van der Waals surface area (Å²) in [6, 6.07) is 6.52. The standard InChI is InChI=1S/C20H20ClF3N6O/c21-15-11-14(20(22,23)24)12-26-18(15)29-9-5-13(6-10-29)19(31)25-7-4-17-28-27-16-3-1-2-8-30(16)17/h1-3,8,11-13H,4-7,9-10H2,(H,25,31). The first-order valence-corrected chi connectivity index (χ1v) is 10.2. The van der Waals surface area contributed by atoms with Gasteiger partial charge in [0, 0.05) is 44.4 Å². The zero-order valence-corrected chi connectivity index (χ0v) is 17.2. The minimum Gasteiger partial charge on any atom is -0.355 e. The van der Waals surface area contributed by atoms with Gasteiger partial charge in [0.15, 0.2) is 5.65 Å². The lowest BCUT2D eigenvalue weighted by molar-refractivity contribution is -0.137. The summed E-state index contributed by atoms with van der Waals surface area (Å²) >= 11 is 6.03. The molecule has 164 valence electrons. The number of amides is 1. The third-order valence-electron chi connectivity index (χ3n) is 5.35. The Morgan fingerprint density at radius 2 is 2.00 bits per heavy atom. The number of hydrogen-bond donors (Lipinski definition) is 1. The Morgan fingerprint density at radius 1 is 1.23 bits per heavy atom. The first-order chi connectivity index (χ1) is 14.8. The van der Waals surface area contributed by atoms with Gasteiger partial charge in [0.05, 0.1) is 10.6 Å². The van der Waals surface area contributed by atoms with E-state index in [2.05, 4.69) is 20.5 Å². The topological polar surface area (TPSA) is 75.4 Å². The molecule has 0 unspecified atom stereocenters. The highest BCUT2D eigenvalue weighted by atomic mass is 35.5. The van der Waals surface area contributed by atoms with Gasteiger partial charge in [-0.25, -0.2) is 4.98 Å². The van der Waals surface area contributed by atoms with Gasteiger partial charge in [0.25, 0.3) is 0 Å². The number of halogens is 4. The van der Waals surface area contributed by atoms with Crippen LogP contribution in [-0.4, -0.2) is 45.1 Å². The van der Waals surface area contributed by atoms with Gasteiger partial charge in [-0.15, -0.1) is 10.2 Å². The van der Waals surface area contributed by atoms with Crippen LogP contribution in [0.4, 0.5) is 19.0 Å². The minimum absolute atomic E-state index is 0.0417. The highest BCUT2D eigenvalue weighted by molar-refractivity contribution is 6.33. The quantitative estimate of drug-likeness (QED) is 0.642. The zero-order chi connectivity index (χ0) is 22.0. The van der Waals surface area contributed by atoms with Crippen LogP contribution in [0.15, 0.2) is 36.7 Å². The molecule has 0 atom stereocenters. The summed E-state index contributed by atoms with van der Waals surface area (Å²) in [5, 5.41) is 11.1. The molecule has 7 nitrogen and oxygen atoms in total. The van der Waals surface area contributed by atoms with Gasteiger partial charge in [0.1, 0.15) is 11.6 Å². The van der Waals surface area contributed by atoms with Crippen molar-refractivity contribution < 1.29 is 18.0 Å². The lowest BCUT2D eigenvalue weighted by Gasteiger charge is -2.32. The Labute approximate surface area is 181 Å². The Balaban J connectivity index is 1.28. The van der Waals surface area contributed by atoms with Gasteiger partial charge < -0.3 is 10.2 Å². The number of aromatic nitrogens is 4. The van der Waals surface area contributed by atoms with E-state index < -0.39 is 11.7 Å². The van der Waals surface area contributed by atoms with Crippen LogP contribution in [0.5, 0.6) is 0 Å². The molecule has 1 amide bonds. The Morgan fingerprint density at radius 3 is 2.71 bits per heavy atom. The molecule has 1 saturated heterocycles. The SMILES string of the molecule is O=C(NCCc1nnc2ccccn12)C1CCN(c2ncc(C(F)(F)F)cc2Cl)CC1. The van der Waals surface area contributed by atoms with Crippen LogP contribution in [-0.2, 0) is 17.4 Å². The van der Waals surface area contributed by atoms with Crippen LogP contribution in [0.3, 0.4) is 0 Å². The third kappa shape index (κ3) is 4.73. The van der Waals surface area contributed by atoms with Crippen LogP contribution in [0.1, 0.15) is 24.2 Å². The number of alkyl halides is 3. The normalized spacial score (nSPS) is 15.4. The van der Waals surface area contributed by atoms with E-state index in [1.54, 1.807) is 0 Å². The molecule has 4 rings (SSSR count). The maximum Gasteiger partial charge on any atom is 0.417 e. The van der Waals surface area contributed by atoms with Crippen LogP contribution < -0.4 is 10.2 Å². The molecule has 1 aliphatic heterocycles. The number of carbonyl (C=O) groups excluding carboxylic acids is 1. The summed E-state index contributed by atoms with van der Waals surface area (Å²) in [5.41, 5.74) is -0.122. The van der Waals surface area contributed by atoms with Gasteiger partial charge in [-0.3, -0.25) is 9.20 Å². The molecule has 0 bridgehead atoms. The molecule has 0 aliphatic carbocycles. The number of anilines is 1. The summed E-state index contributed by atoms with van der Waals surface area (Å²) in [7, 11) is 0. The molecule has 0 aromatic carbocycles. The molecular weight excluding hydrogens is 433 g/mol. The largest absolute Gasteiger partial charge is 0.417 e. The number of carbonyl (C=O) groups is 1. The predicted octanol–water partition coefficient (Wildman–Crippen LogP) is 3.37. The van der Waals surface area contributed by atoms with E-state index in [0.29, 0.717) is 44.7 Å². The number of piperidine rings is 1. The minimum atomic E-state index is -4.49. The molecule has 0 saturated carbocycles. The molecule has 1 aliphatic rings. The van der Waals surface area contributed by atoms with Crippen molar-refractivity contribution in [2.45, 2.75) is 25.4 Å². The van der Waals surface area contributed by atoms with Crippen molar-refractivity contribution in [3.8, 4) is 0 Å². The molecule has 0 radical (unpaired) electrons. The number of pyridine rings is 2. The molecule has 11 heteroatoms. The molecule has 1 N–H and O–H groups in total. The molecule has 3 aromatic rings. The third-order valence-corrected chi connectivity index (χ3v) is 5.62. The average Bonchev–Trinajstić information content (AvgIpc) is 3.16. The van der Waals surface area contributed by atoms with E-state index in [1.807, 2.05) is 33.7 Å². The molecule has 1 fully saturated rings. The van der Waals surface area contributed by atoms with Crippen LogP contribution >= 0.6 is 11.6 Å². The average molecular weight is 453 g/mol. The van der Waals surface area contributed by atoms with Crippen molar-refractivity contribution in [2.24, 2.45) is 5.92 Å². The second kappa shape index (κ2) is 8.70. The number of nitrogens with one attached hydrogen (secondary N) is 1. The fourth-order valence-electron chi connectivity index (χ4n) is 3.68. The second-order valence-electron chi connectivity index (χ2n) is 7.37. The van der Waals surface area contributed by atoms with Gasteiger partial charge in [-0.05, 0) is 31.0 Å². The lowest BCUT2D eigenvalue weighted by atomic mass is 9.96. The number of fused-ring (bicyclic) bond motifs is 1. The van der Waals surface area contributed by atoms with Crippen molar-refractivity contribution >= 4 is 29.0 Å². The first-order valence-electron chi connectivity index (χ1n) is 9.87. The second-order valence-corrected chi connectivity index (χ2v) is 7.78. The van der Waals surface area contributed by atoms with E-state index in [1.165, 1.54) is 0 Å². The molecule has 31 heavy (non-hydrogen) atoms. The van der Waals surface area contributed by atoms with E-state index in [0.717, 1.165) is 23.7 Å². The van der Waals surface area contributed by atoms with Crippen molar-refractivity contribution in [1.29, 1.82) is 0 Å². The monoisotopic (exact) mass is 452 g/mol. The fraction of sp³-hybridized carbons (Fsp3) is 0.400. The van der Waals surface area contributed by atoms with Gasteiger partial charge in [0.2, 0.25) is 5.91 Å².